The third-order valence-electron chi connectivity index (χ3n) is 2.39. The second kappa shape index (κ2) is 4.62. The number of aromatic carboxylic acids is 1. The van der Waals surface area contributed by atoms with Crippen molar-refractivity contribution in [3.8, 4) is 11.3 Å². The van der Waals surface area contributed by atoms with Crippen molar-refractivity contribution in [3.05, 3.63) is 58.3 Å². The summed E-state index contributed by atoms with van der Waals surface area (Å²) in [7, 11) is 0. The van der Waals surface area contributed by atoms with E-state index >= 15 is 0 Å². The number of benzene rings is 1. The van der Waals surface area contributed by atoms with Gasteiger partial charge in [0.25, 0.3) is 5.69 Å². The molecule has 6 heteroatoms. The molecule has 0 atom stereocenters. The second-order valence-corrected chi connectivity index (χ2v) is 3.54. The van der Waals surface area contributed by atoms with Crippen molar-refractivity contribution in [2.45, 2.75) is 0 Å². The van der Waals surface area contributed by atoms with Crippen molar-refractivity contribution in [2.75, 3.05) is 0 Å². The van der Waals surface area contributed by atoms with Gasteiger partial charge in [-0.1, -0.05) is 12.1 Å². The lowest BCUT2D eigenvalue weighted by molar-refractivity contribution is -0.385. The zero-order valence-electron chi connectivity index (χ0n) is 9.11. The van der Waals surface area contributed by atoms with Crippen LogP contribution >= 0.6 is 0 Å². The Bertz CT molecular complexity index is 535. The molecule has 0 aliphatic carbocycles. The van der Waals surface area contributed by atoms with Gasteiger partial charge in [-0.05, 0) is 18.2 Å². The predicted octanol–water partition coefficient (Wildman–Crippen LogP) is 2.36. The molecular weight excluding hydrogens is 236 g/mol. The molecule has 0 saturated carbocycles. The lowest BCUT2D eigenvalue weighted by Crippen LogP contribution is -1.95. The van der Waals surface area contributed by atoms with Crippen molar-refractivity contribution in [3.63, 3.8) is 0 Å². The molecule has 0 aliphatic heterocycles. The topological polar surface area (TPSA) is 93.3 Å². The van der Waals surface area contributed by atoms with Crippen LogP contribution in [0.15, 0.2) is 42.6 Å². The highest BCUT2D eigenvalue weighted by molar-refractivity contribution is 5.88. The molecule has 0 fully saturated rings. The fourth-order valence-electron chi connectivity index (χ4n) is 1.45. The minimum absolute atomic E-state index is 0.0825. The normalized spacial score (nSPS) is 10.0. The fraction of sp³-hybridized carbons (Fsp3) is 0. The first-order chi connectivity index (χ1) is 8.58. The van der Waals surface area contributed by atoms with Crippen LogP contribution in [0.2, 0.25) is 0 Å². The summed E-state index contributed by atoms with van der Waals surface area (Å²) in [4.78, 5) is 24.6. The van der Waals surface area contributed by atoms with E-state index in [4.69, 9.17) is 5.11 Å². The summed E-state index contributed by atoms with van der Waals surface area (Å²) in [5.74, 6) is -1.00. The third-order valence-corrected chi connectivity index (χ3v) is 2.39. The molecule has 0 radical (unpaired) electrons. The Morgan fingerprint density at radius 3 is 2.28 bits per heavy atom. The van der Waals surface area contributed by atoms with E-state index < -0.39 is 10.9 Å². The second-order valence-electron chi connectivity index (χ2n) is 3.54. The standard InChI is InChI=1S/C12H8N2O4/c15-12(16)9-3-1-8(2-4-9)11-6-5-10(7-13-11)14(17)18/h1-7H,(H,15,16). The Hall–Kier alpha value is -2.76. The number of hydrogen-bond acceptors (Lipinski definition) is 4. The smallest absolute Gasteiger partial charge is 0.335 e. The monoisotopic (exact) mass is 244 g/mol. The molecule has 0 unspecified atom stereocenters. The van der Waals surface area contributed by atoms with Crippen LogP contribution in [0, 0.1) is 10.1 Å². The molecule has 1 aromatic carbocycles. The first kappa shape index (κ1) is 11.7. The molecule has 2 aromatic rings. The number of carboxylic acid groups (broad SMARTS) is 1. The quantitative estimate of drug-likeness (QED) is 0.660. The summed E-state index contributed by atoms with van der Waals surface area (Å²) in [5.41, 5.74) is 1.36. The molecule has 90 valence electrons. The van der Waals surface area contributed by atoms with Crippen molar-refractivity contribution in [2.24, 2.45) is 0 Å². The Morgan fingerprint density at radius 1 is 1.17 bits per heavy atom. The van der Waals surface area contributed by atoms with E-state index in [1.807, 2.05) is 0 Å². The molecule has 1 heterocycles. The zero-order chi connectivity index (χ0) is 13.1. The largest absolute Gasteiger partial charge is 0.478 e. The number of nitrogens with zero attached hydrogens (tertiary/aromatic N) is 2. The summed E-state index contributed by atoms with van der Waals surface area (Å²) < 4.78 is 0. The van der Waals surface area contributed by atoms with Gasteiger partial charge in [0.2, 0.25) is 0 Å². The van der Waals surface area contributed by atoms with Crippen LogP contribution in [0.5, 0.6) is 0 Å². The van der Waals surface area contributed by atoms with Gasteiger partial charge in [0.15, 0.2) is 0 Å². The number of aromatic nitrogens is 1. The Kier molecular flexibility index (Phi) is 3.01. The minimum atomic E-state index is -1.00. The lowest BCUT2D eigenvalue weighted by atomic mass is 10.1. The summed E-state index contributed by atoms with van der Waals surface area (Å²) in [6.07, 6.45) is 1.17. The van der Waals surface area contributed by atoms with Crippen molar-refractivity contribution < 1.29 is 14.8 Å². The third kappa shape index (κ3) is 2.32. The van der Waals surface area contributed by atoms with Gasteiger partial charge in [-0.2, -0.15) is 0 Å². The highest BCUT2D eigenvalue weighted by Gasteiger charge is 2.07. The summed E-state index contributed by atoms with van der Waals surface area (Å²) in [6.45, 7) is 0. The van der Waals surface area contributed by atoms with Gasteiger partial charge in [-0.15, -0.1) is 0 Å². The van der Waals surface area contributed by atoms with E-state index in [0.717, 1.165) is 0 Å². The summed E-state index contributed by atoms with van der Waals surface area (Å²) >= 11 is 0. The van der Waals surface area contributed by atoms with Crippen LogP contribution in [0.25, 0.3) is 11.3 Å². The van der Waals surface area contributed by atoms with E-state index in [9.17, 15) is 14.9 Å². The van der Waals surface area contributed by atoms with Crippen LogP contribution < -0.4 is 0 Å². The van der Waals surface area contributed by atoms with Gasteiger partial charge in [0, 0.05) is 11.6 Å². The number of carbonyl (C=O) groups is 1. The number of nitro groups is 1. The average molecular weight is 244 g/mol. The van der Waals surface area contributed by atoms with Gasteiger partial charge >= 0.3 is 5.97 Å². The average Bonchev–Trinajstić information content (AvgIpc) is 2.39. The van der Waals surface area contributed by atoms with E-state index in [0.29, 0.717) is 11.3 Å². The maximum atomic E-state index is 10.7. The molecule has 0 bridgehead atoms. The van der Waals surface area contributed by atoms with Gasteiger partial charge in [-0.25, -0.2) is 9.78 Å². The summed E-state index contributed by atoms with van der Waals surface area (Å²) in [6, 6.07) is 9.01. The SMILES string of the molecule is O=C(O)c1ccc(-c2ccc([N+](=O)[O-])cn2)cc1. The number of carboxylic acids is 1. The Morgan fingerprint density at radius 2 is 1.83 bits per heavy atom. The molecule has 18 heavy (non-hydrogen) atoms. The molecule has 0 amide bonds. The maximum absolute atomic E-state index is 10.7. The van der Waals surface area contributed by atoms with E-state index in [2.05, 4.69) is 4.98 Å². The lowest BCUT2D eigenvalue weighted by Gasteiger charge is -2.01. The van der Waals surface area contributed by atoms with Crippen LogP contribution in [-0.4, -0.2) is 21.0 Å². The first-order valence-corrected chi connectivity index (χ1v) is 5.02. The van der Waals surface area contributed by atoms with Crippen LogP contribution in [0.3, 0.4) is 0 Å². The highest BCUT2D eigenvalue weighted by Crippen LogP contribution is 2.19. The molecule has 6 nitrogen and oxygen atoms in total. The van der Waals surface area contributed by atoms with E-state index in [1.165, 1.54) is 30.5 Å². The molecular formula is C12H8N2O4. The van der Waals surface area contributed by atoms with Crippen LogP contribution in [-0.2, 0) is 0 Å². The van der Waals surface area contributed by atoms with Crippen molar-refractivity contribution >= 4 is 11.7 Å². The minimum Gasteiger partial charge on any atom is -0.478 e. The van der Waals surface area contributed by atoms with Gasteiger partial charge < -0.3 is 5.11 Å². The Balaban J connectivity index is 2.31. The zero-order valence-corrected chi connectivity index (χ0v) is 9.11. The molecule has 1 N–H and O–H groups in total. The van der Waals surface area contributed by atoms with Gasteiger partial charge in [-0.3, -0.25) is 10.1 Å². The fourth-order valence-corrected chi connectivity index (χ4v) is 1.45. The van der Waals surface area contributed by atoms with Crippen molar-refractivity contribution in [1.82, 2.24) is 4.98 Å². The molecule has 0 spiro atoms. The molecule has 2 rings (SSSR count). The molecule has 1 aromatic heterocycles. The number of pyridine rings is 1. The number of rotatable bonds is 3. The predicted molar refractivity (Wildman–Crippen MR) is 63.3 cm³/mol. The van der Waals surface area contributed by atoms with Crippen molar-refractivity contribution in [1.29, 1.82) is 0 Å². The number of hydrogen-bond donors (Lipinski definition) is 1. The highest BCUT2D eigenvalue weighted by atomic mass is 16.6. The van der Waals surface area contributed by atoms with Crippen LogP contribution in [0.4, 0.5) is 5.69 Å². The van der Waals surface area contributed by atoms with Crippen LogP contribution in [0.1, 0.15) is 10.4 Å². The van der Waals surface area contributed by atoms with Gasteiger partial charge in [0.05, 0.1) is 16.2 Å². The Labute approximate surface area is 102 Å². The van der Waals surface area contributed by atoms with E-state index in [1.54, 1.807) is 12.1 Å². The molecule has 0 saturated heterocycles. The molecule has 0 aliphatic rings. The summed E-state index contributed by atoms with van der Waals surface area (Å²) in [5, 5.41) is 19.2. The van der Waals surface area contributed by atoms with Gasteiger partial charge in [0.1, 0.15) is 6.20 Å². The maximum Gasteiger partial charge on any atom is 0.335 e. The van der Waals surface area contributed by atoms with E-state index in [-0.39, 0.29) is 11.3 Å². The first-order valence-electron chi connectivity index (χ1n) is 5.02.